The molecule has 0 aliphatic heterocycles. The largest absolute Gasteiger partial charge is 0.292 e. The molecule has 0 radical (unpaired) electrons. The number of hydrogen-bond acceptors (Lipinski definition) is 1. The Morgan fingerprint density at radius 3 is 1.00 bits per heavy atom. The molecule has 0 heterocycles. The van der Waals surface area contributed by atoms with Gasteiger partial charge in [-0.25, -0.2) is 8.78 Å². The molecule has 0 N–H and O–H groups in total. The molecule has 0 saturated heterocycles. The summed E-state index contributed by atoms with van der Waals surface area (Å²) in [5.74, 6) is -0.839. The molecule has 0 aromatic heterocycles. The maximum Gasteiger partial charge on any atom is 0.206 e. The van der Waals surface area contributed by atoms with Crippen molar-refractivity contribution < 1.29 is 13.6 Å². The number of carbonyl (C=O) groups excluding carboxylic acids is 1. The second-order valence-electron chi connectivity index (χ2n) is 9.88. The van der Waals surface area contributed by atoms with E-state index in [1.54, 1.807) is 0 Å². The van der Waals surface area contributed by atoms with Gasteiger partial charge in [-0.05, 0) is 39.5 Å². The molecular formula is C27H52F2O. The first-order valence-electron chi connectivity index (χ1n) is 13.2. The van der Waals surface area contributed by atoms with Crippen LogP contribution in [-0.2, 0) is 4.79 Å². The average molecular weight is 431 g/mol. The monoisotopic (exact) mass is 430 g/mol. The summed E-state index contributed by atoms with van der Waals surface area (Å²) in [4.78, 5) is 12.5. The first-order chi connectivity index (χ1) is 14.3. The molecule has 0 aromatic rings. The van der Waals surface area contributed by atoms with Gasteiger partial charge in [0.25, 0.3) is 0 Å². The number of alkyl halides is 2. The Bertz CT molecular complexity index is 368. The van der Waals surface area contributed by atoms with Crippen molar-refractivity contribution in [3.63, 3.8) is 0 Å². The molecular weight excluding hydrogens is 378 g/mol. The van der Waals surface area contributed by atoms with Crippen LogP contribution in [0.5, 0.6) is 0 Å². The molecule has 0 aromatic carbocycles. The number of halogens is 2. The zero-order chi connectivity index (χ0) is 22.7. The van der Waals surface area contributed by atoms with Crippen LogP contribution >= 0.6 is 0 Å². The third-order valence-electron chi connectivity index (χ3n) is 6.45. The van der Waals surface area contributed by atoms with E-state index in [4.69, 9.17) is 0 Å². The lowest BCUT2D eigenvalue weighted by Gasteiger charge is -2.27. The first-order valence-corrected chi connectivity index (χ1v) is 13.2. The molecule has 0 spiro atoms. The van der Waals surface area contributed by atoms with E-state index in [1.165, 1.54) is 90.9 Å². The van der Waals surface area contributed by atoms with Gasteiger partial charge in [-0.15, -0.1) is 0 Å². The van der Waals surface area contributed by atoms with Crippen LogP contribution in [0.2, 0.25) is 0 Å². The van der Waals surface area contributed by atoms with Gasteiger partial charge in [0.2, 0.25) is 5.78 Å². The predicted octanol–water partition coefficient (Wildman–Crippen LogP) is 9.85. The lowest BCUT2D eigenvalue weighted by molar-refractivity contribution is -0.142. The van der Waals surface area contributed by atoms with Crippen molar-refractivity contribution in [3.05, 3.63) is 0 Å². The van der Waals surface area contributed by atoms with Crippen LogP contribution in [0.4, 0.5) is 8.78 Å². The highest BCUT2D eigenvalue weighted by molar-refractivity contribution is 5.93. The fraction of sp³-hybridized carbons (Fsp3) is 0.963. The predicted molar refractivity (Wildman–Crippen MR) is 128 cm³/mol. The molecule has 3 heteroatoms. The Hall–Kier alpha value is -0.470. The number of Topliss-reactive ketones (excluding diaryl/α,β-unsaturated/α-hetero) is 1. The van der Waals surface area contributed by atoms with Gasteiger partial charge in [-0.2, -0.15) is 0 Å². The number of rotatable bonds is 22. The minimum absolute atomic E-state index is 0.152. The Morgan fingerprint density at radius 1 is 0.500 bits per heavy atom. The van der Waals surface area contributed by atoms with Crippen LogP contribution in [-0.4, -0.2) is 17.1 Å². The highest BCUT2D eigenvalue weighted by Gasteiger charge is 2.45. The molecule has 0 amide bonds. The van der Waals surface area contributed by atoms with Gasteiger partial charge in [-0.1, -0.05) is 117 Å². The number of carbonyl (C=O) groups is 1. The van der Waals surface area contributed by atoms with E-state index in [9.17, 15) is 13.6 Å². The van der Waals surface area contributed by atoms with Crippen LogP contribution in [0.1, 0.15) is 156 Å². The highest BCUT2D eigenvalue weighted by atomic mass is 19.2. The SMILES string of the molecule is CCCCCCCCCCCC(C)(F)C(=O)C(C)(F)CCCCCCCCCCC. The summed E-state index contributed by atoms with van der Waals surface area (Å²) in [6.45, 7) is 7.00. The number of hydrogen-bond donors (Lipinski definition) is 0. The van der Waals surface area contributed by atoms with Gasteiger partial charge in [-0.3, -0.25) is 4.79 Å². The Balaban J connectivity index is 3.91. The fourth-order valence-corrected chi connectivity index (χ4v) is 4.31. The van der Waals surface area contributed by atoms with Crippen molar-refractivity contribution in [2.24, 2.45) is 0 Å². The van der Waals surface area contributed by atoms with Crippen molar-refractivity contribution in [2.45, 2.75) is 167 Å². The van der Waals surface area contributed by atoms with Crippen LogP contribution in [0.3, 0.4) is 0 Å². The van der Waals surface area contributed by atoms with E-state index >= 15 is 0 Å². The summed E-state index contributed by atoms with van der Waals surface area (Å²) in [6.07, 6.45) is 20.8. The second-order valence-corrected chi connectivity index (χ2v) is 9.88. The lowest BCUT2D eigenvalue weighted by atomic mass is 9.83. The molecule has 0 bridgehead atoms. The van der Waals surface area contributed by atoms with E-state index in [-0.39, 0.29) is 12.8 Å². The Labute approximate surface area is 187 Å². The molecule has 1 nitrogen and oxygen atoms in total. The van der Waals surface area contributed by atoms with Crippen molar-refractivity contribution in [2.75, 3.05) is 0 Å². The molecule has 180 valence electrons. The number of unbranched alkanes of at least 4 members (excludes halogenated alkanes) is 16. The molecule has 0 aliphatic rings. The van der Waals surface area contributed by atoms with Crippen LogP contribution < -0.4 is 0 Å². The van der Waals surface area contributed by atoms with Crippen LogP contribution in [0.15, 0.2) is 0 Å². The summed E-state index contributed by atoms with van der Waals surface area (Å²) in [7, 11) is 0. The fourth-order valence-electron chi connectivity index (χ4n) is 4.31. The minimum Gasteiger partial charge on any atom is -0.292 e. The van der Waals surface area contributed by atoms with E-state index in [0.717, 1.165) is 25.7 Å². The van der Waals surface area contributed by atoms with Crippen LogP contribution in [0, 0.1) is 0 Å². The second kappa shape index (κ2) is 18.1. The van der Waals surface area contributed by atoms with Gasteiger partial charge in [0, 0.05) is 0 Å². The Morgan fingerprint density at radius 2 is 0.733 bits per heavy atom. The summed E-state index contributed by atoms with van der Waals surface area (Å²) in [5, 5.41) is 0. The molecule has 0 rings (SSSR count). The maximum absolute atomic E-state index is 14.9. The molecule has 2 unspecified atom stereocenters. The summed E-state index contributed by atoms with van der Waals surface area (Å²) in [5.41, 5.74) is -4.08. The Kier molecular flexibility index (Phi) is 17.9. The van der Waals surface area contributed by atoms with Gasteiger partial charge in [0.05, 0.1) is 0 Å². The van der Waals surface area contributed by atoms with Crippen LogP contribution in [0.25, 0.3) is 0 Å². The smallest absolute Gasteiger partial charge is 0.206 e. The normalized spacial score (nSPS) is 15.7. The van der Waals surface area contributed by atoms with Gasteiger partial charge in [0.1, 0.15) is 0 Å². The topological polar surface area (TPSA) is 17.1 Å². The van der Waals surface area contributed by atoms with Crippen molar-refractivity contribution in [1.29, 1.82) is 0 Å². The first kappa shape index (κ1) is 29.5. The van der Waals surface area contributed by atoms with Gasteiger partial charge in [0.15, 0.2) is 11.3 Å². The zero-order valence-electron chi connectivity index (χ0n) is 20.8. The van der Waals surface area contributed by atoms with E-state index in [2.05, 4.69) is 13.8 Å². The minimum atomic E-state index is -2.04. The van der Waals surface area contributed by atoms with E-state index < -0.39 is 17.1 Å². The van der Waals surface area contributed by atoms with Gasteiger partial charge < -0.3 is 0 Å². The maximum atomic E-state index is 14.9. The molecule has 0 aliphatic carbocycles. The molecule has 30 heavy (non-hydrogen) atoms. The van der Waals surface area contributed by atoms with Crippen molar-refractivity contribution >= 4 is 5.78 Å². The summed E-state index contributed by atoms with van der Waals surface area (Å²) < 4.78 is 29.8. The molecule has 0 saturated carbocycles. The zero-order valence-corrected chi connectivity index (χ0v) is 20.8. The summed E-state index contributed by atoms with van der Waals surface area (Å²) >= 11 is 0. The molecule has 0 fully saturated rings. The number of ketones is 1. The standard InChI is InChI=1S/C27H52F2O/c1-5-7-9-11-13-15-17-19-21-23-26(3,28)25(30)27(4,29)24-22-20-18-16-14-12-10-8-6-2/h5-24H2,1-4H3. The summed E-state index contributed by atoms with van der Waals surface area (Å²) in [6, 6.07) is 0. The van der Waals surface area contributed by atoms with E-state index in [1.807, 2.05) is 0 Å². The quantitative estimate of drug-likeness (QED) is 0.156. The third-order valence-corrected chi connectivity index (χ3v) is 6.45. The van der Waals surface area contributed by atoms with Gasteiger partial charge >= 0.3 is 0 Å². The van der Waals surface area contributed by atoms with E-state index in [0.29, 0.717) is 12.8 Å². The third kappa shape index (κ3) is 15.3. The highest BCUT2D eigenvalue weighted by Crippen LogP contribution is 2.32. The molecule has 2 atom stereocenters. The van der Waals surface area contributed by atoms with Crippen molar-refractivity contribution in [3.8, 4) is 0 Å². The average Bonchev–Trinajstić information content (AvgIpc) is 2.70. The lowest BCUT2D eigenvalue weighted by Crippen LogP contribution is -2.44. The van der Waals surface area contributed by atoms with Crippen molar-refractivity contribution in [1.82, 2.24) is 0 Å².